The molecule has 3 amide bonds. The number of ketones is 2. The van der Waals surface area contributed by atoms with E-state index in [0.29, 0.717) is 31.7 Å². The molecule has 0 radical (unpaired) electrons. The molecule has 11 heteroatoms. The highest BCUT2D eigenvalue weighted by molar-refractivity contribution is 5.98. The average molecular weight is 680 g/mol. The highest BCUT2D eigenvalue weighted by atomic mass is 16.3. The fourth-order valence-corrected chi connectivity index (χ4v) is 8.53. The second-order valence-corrected chi connectivity index (χ2v) is 16.3. The van der Waals surface area contributed by atoms with Crippen molar-refractivity contribution in [1.29, 1.82) is 0 Å². The zero-order valence-electron chi connectivity index (χ0n) is 29.9. The maximum absolute atomic E-state index is 14.6. The van der Waals surface area contributed by atoms with Crippen LogP contribution in [-0.2, 0) is 19.2 Å². The van der Waals surface area contributed by atoms with Gasteiger partial charge in [-0.1, -0.05) is 59.8 Å². The summed E-state index contributed by atoms with van der Waals surface area (Å²) in [6, 6.07) is -2.40. The molecular formula is C38H57N5O6. The van der Waals surface area contributed by atoms with Crippen LogP contribution in [-0.4, -0.2) is 80.0 Å². The first kappa shape index (κ1) is 37.1. The summed E-state index contributed by atoms with van der Waals surface area (Å²) in [5.74, 6) is -1.59. The van der Waals surface area contributed by atoms with Gasteiger partial charge >= 0.3 is 0 Å². The lowest BCUT2D eigenvalue weighted by Gasteiger charge is -2.38. The van der Waals surface area contributed by atoms with E-state index >= 15 is 0 Å². The predicted molar refractivity (Wildman–Crippen MR) is 184 cm³/mol. The molecule has 1 aliphatic heterocycles. The largest absolute Gasteiger partial charge is 0.383 e. The summed E-state index contributed by atoms with van der Waals surface area (Å²) >= 11 is 0. The lowest BCUT2D eigenvalue weighted by atomic mass is 9.76. The number of aliphatic hydroxyl groups excluding tert-OH is 1. The van der Waals surface area contributed by atoms with E-state index in [4.69, 9.17) is 0 Å². The number of aliphatic hydroxyl groups is 1. The third-order valence-corrected chi connectivity index (χ3v) is 11.5. The van der Waals surface area contributed by atoms with E-state index in [1.54, 1.807) is 4.90 Å². The Morgan fingerprint density at radius 1 is 0.959 bits per heavy atom. The molecule has 11 nitrogen and oxygen atoms in total. The van der Waals surface area contributed by atoms with Crippen molar-refractivity contribution in [3.05, 3.63) is 24.3 Å². The summed E-state index contributed by atoms with van der Waals surface area (Å²) in [5, 5.41) is 17.1. The van der Waals surface area contributed by atoms with Crippen LogP contribution in [0.4, 0.5) is 0 Å². The topological polar surface area (TPSA) is 159 Å². The van der Waals surface area contributed by atoms with Crippen molar-refractivity contribution < 1.29 is 29.1 Å². The van der Waals surface area contributed by atoms with Gasteiger partial charge in [0.15, 0.2) is 11.6 Å². The first-order valence-corrected chi connectivity index (χ1v) is 18.8. The maximum Gasteiger partial charge on any atom is 0.246 e. The number of aromatic nitrogens is 2. The number of nitrogens with zero attached hydrogens (tertiary/aromatic N) is 3. The van der Waals surface area contributed by atoms with Crippen LogP contribution in [0.3, 0.4) is 0 Å². The summed E-state index contributed by atoms with van der Waals surface area (Å²) in [6.07, 6.45) is 14.0. The molecule has 1 saturated heterocycles. The van der Waals surface area contributed by atoms with E-state index in [9.17, 15) is 29.1 Å². The van der Waals surface area contributed by atoms with E-state index < -0.39 is 35.6 Å². The Bertz CT molecular complexity index is 1340. The Kier molecular flexibility index (Phi) is 12.3. The molecular weight excluding hydrogens is 622 g/mol. The number of likely N-dealkylation sites (tertiary alicyclic amines) is 1. The van der Waals surface area contributed by atoms with Gasteiger partial charge in [-0.05, 0) is 74.0 Å². The Labute approximate surface area is 291 Å². The molecule has 2 heterocycles. The monoisotopic (exact) mass is 679 g/mol. The van der Waals surface area contributed by atoms with Crippen LogP contribution >= 0.6 is 0 Å². The first-order chi connectivity index (χ1) is 23.4. The molecule has 4 aliphatic rings. The summed E-state index contributed by atoms with van der Waals surface area (Å²) in [6.45, 7) is 8.08. The fourth-order valence-electron chi connectivity index (χ4n) is 8.53. The van der Waals surface area contributed by atoms with Crippen molar-refractivity contribution >= 4 is 29.3 Å². The van der Waals surface area contributed by atoms with E-state index in [0.717, 1.165) is 64.2 Å². The number of nitrogens with one attached hydrogen (secondary N) is 2. The highest BCUT2D eigenvalue weighted by Crippen LogP contribution is 2.43. The molecule has 3 N–H and O–H groups in total. The zero-order valence-corrected chi connectivity index (χ0v) is 29.9. The number of rotatable bonds is 15. The highest BCUT2D eigenvalue weighted by Gasteiger charge is 2.52. The molecule has 0 bridgehead atoms. The van der Waals surface area contributed by atoms with E-state index in [-0.39, 0.29) is 59.2 Å². The number of Topliss-reactive ketones (excluding diaryl/α,β-unsaturated/α-hetero) is 2. The third-order valence-electron chi connectivity index (χ3n) is 11.5. The summed E-state index contributed by atoms with van der Waals surface area (Å²) < 4.78 is 0. The zero-order chi connectivity index (χ0) is 35.3. The standard InChI is InChI=1S/C38H57N5O6/c1-5-10-28(33(46)31(45)19-23-15-16-23)41-36(48)32-26-14-9-13-25(26)22-43(32)37(49)34(38(2,3)4)42-35(47)27(24-11-7-6-8-12-24)20-30(44)29-21-39-17-18-40-29/h17-18,21,23-28,32-34,46H,5-16,19-20,22H2,1-4H3,(H,41,48)(H,42,47)/t25-,26-,27-,28-,32-,33-,34+/m0/s1. The molecule has 7 atom stereocenters. The molecule has 3 saturated carbocycles. The van der Waals surface area contributed by atoms with Gasteiger partial charge in [-0.2, -0.15) is 0 Å². The van der Waals surface area contributed by atoms with Crippen LogP contribution in [0.25, 0.3) is 0 Å². The lowest BCUT2D eigenvalue weighted by Crippen LogP contribution is -2.60. The normalized spacial score (nSPS) is 25.2. The quantitative estimate of drug-likeness (QED) is 0.230. The van der Waals surface area contributed by atoms with Crippen LogP contribution in [0, 0.1) is 35.0 Å². The van der Waals surface area contributed by atoms with Crippen molar-refractivity contribution in [3.63, 3.8) is 0 Å². The van der Waals surface area contributed by atoms with E-state index in [2.05, 4.69) is 20.6 Å². The molecule has 1 aromatic rings. The van der Waals surface area contributed by atoms with Gasteiger partial charge < -0.3 is 20.6 Å². The Balaban J connectivity index is 1.35. The van der Waals surface area contributed by atoms with E-state index in [1.165, 1.54) is 18.6 Å². The van der Waals surface area contributed by atoms with Gasteiger partial charge in [-0.25, -0.2) is 4.98 Å². The van der Waals surface area contributed by atoms with Crippen LogP contribution in [0.15, 0.2) is 18.6 Å². The second-order valence-electron chi connectivity index (χ2n) is 16.3. The Morgan fingerprint density at radius 2 is 1.69 bits per heavy atom. The fraction of sp³-hybridized carbons (Fsp3) is 0.763. The molecule has 270 valence electrons. The van der Waals surface area contributed by atoms with Gasteiger partial charge in [0.2, 0.25) is 17.7 Å². The van der Waals surface area contributed by atoms with Crippen LogP contribution in [0.1, 0.15) is 128 Å². The van der Waals surface area contributed by atoms with Crippen molar-refractivity contribution in [3.8, 4) is 0 Å². The van der Waals surface area contributed by atoms with E-state index in [1.807, 2.05) is 27.7 Å². The third kappa shape index (κ3) is 9.13. The number of fused-ring (bicyclic) bond motifs is 1. The average Bonchev–Trinajstić information content (AvgIpc) is 3.65. The molecule has 0 unspecified atom stereocenters. The molecule has 5 rings (SSSR count). The smallest absolute Gasteiger partial charge is 0.246 e. The molecule has 49 heavy (non-hydrogen) atoms. The van der Waals surface area contributed by atoms with Gasteiger partial charge in [0.25, 0.3) is 0 Å². The molecule has 1 aromatic heterocycles. The summed E-state index contributed by atoms with van der Waals surface area (Å²) in [7, 11) is 0. The van der Waals surface area contributed by atoms with Crippen molar-refractivity contribution in [1.82, 2.24) is 25.5 Å². The number of amides is 3. The maximum atomic E-state index is 14.6. The van der Waals surface area contributed by atoms with Crippen molar-refractivity contribution in [2.75, 3.05) is 6.54 Å². The van der Waals surface area contributed by atoms with Gasteiger partial charge in [0.05, 0.1) is 12.2 Å². The lowest BCUT2D eigenvalue weighted by molar-refractivity contribution is -0.146. The second kappa shape index (κ2) is 16.2. The number of hydrogen-bond acceptors (Lipinski definition) is 8. The molecule has 0 spiro atoms. The number of carbonyl (C=O) groups is 5. The molecule has 4 fully saturated rings. The Hall–Kier alpha value is -3.21. The van der Waals surface area contributed by atoms with Gasteiger partial charge in [0, 0.05) is 37.7 Å². The number of carbonyl (C=O) groups excluding carboxylic acids is 5. The minimum Gasteiger partial charge on any atom is -0.383 e. The molecule has 3 aliphatic carbocycles. The predicted octanol–water partition coefficient (Wildman–Crippen LogP) is 4.42. The van der Waals surface area contributed by atoms with Gasteiger partial charge in [-0.15, -0.1) is 0 Å². The van der Waals surface area contributed by atoms with Gasteiger partial charge in [-0.3, -0.25) is 29.0 Å². The van der Waals surface area contributed by atoms with Crippen LogP contribution in [0.2, 0.25) is 0 Å². The van der Waals surface area contributed by atoms with Gasteiger partial charge in [0.1, 0.15) is 23.9 Å². The minimum atomic E-state index is -1.28. The minimum absolute atomic E-state index is 0.0133. The van der Waals surface area contributed by atoms with Crippen LogP contribution < -0.4 is 10.6 Å². The summed E-state index contributed by atoms with van der Waals surface area (Å²) in [4.78, 5) is 79.0. The van der Waals surface area contributed by atoms with Crippen molar-refractivity contribution in [2.45, 2.75) is 142 Å². The SMILES string of the molecule is CCC[C@H](NC(=O)[C@@H]1[C@H]2CCC[C@H]2CN1C(=O)[C@@H](NC(=O)[C@@H](CC(=O)c1cnccn1)C1CCCCC1)C(C)(C)C)[C@H](O)C(=O)CC1CC1. The summed E-state index contributed by atoms with van der Waals surface area (Å²) in [5.41, 5.74) is -0.467. The Morgan fingerprint density at radius 3 is 2.33 bits per heavy atom. The van der Waals surface area contributed by atoms with Crippen LogP contribution in [0.5, 0.6) is 0 Å². The molecule has 0 aromatic carbocycles. The number of hydrogen-bond donors (Lipinski definition) is 3. The first-order valence-electron chi connectivity index (χ1n) is 18.8. The van der Waals surface area contributed by atoms with Crippen molar-refractivity contribution in [2.24, 2.45) is 35.0 Å².